The Bertz CT molecular complexity index is 717. The smallest absolute Gasteiger partial charge is 0.171 e. The average molecular weight is 298 g/mol. The molecule has 1 heterocycles. The highest BCUT2D eigenvalue weighted by Crippen LogP contribution is 2.25. The molecule has 0 radical (unpaired) electrons. The summed E-state index contributed by atoms with van der Waals surface area (Å²) in [6.07, 6.45) is 3.13. The van der Waals surface area contributed by atoms with Crippen molar-refractivity contribution in [1.82, 2.24) is 9.97 Å². The molecular formula is C16H12ClN3O. The first kappa shape index (κ1) is 13.4. The van der Waals surface area contributed by atoms with E-state index in [4.69, 9.17) is 16.3 Å². The molecule has 21 heavy (non-hydrogen) atoms. The molecule has 3 aromatic rings. The Balaban J connectivity index is 1.71. The van der Waals surface area contributed by atoms with Gasteiger partial charge in [-0.25, -0.2) is 9.97 Å². The molecule has 0 unspecified atom stereocenters. The number of hydrogen-bond donors (Lipinski definition) is 1. The molecule has 0 spiro atoms. The van der Waals surface area contributed by atoms with Gasteiger partial charge in [0.1, 0.15) is 11.5 Å². The topological polar surface area (TPSA) is 47.0 Å². The molecule has 1 N–H and O–H groups in total. The number of para-hydroxylation sites is 1. The Morgan fingerprint density at radius 2 is 1.48 bits per heavy atom. The van der Waals surface area contributed by atoms with E-state index in [1.54, 1.807) is 12.4 Å². The van der Waals surface area contributed by atoms with Gasteiger partial charge in [-0.1, -0.05) is 29.8 Å². The normalized spacial score (nSPS) is 10.1. The summed E-state index contributed by atoms with van der Waals surface area (Å²) in [5.74, 6) is 2.09. The van der Waals surface area contributed by atoms with Crippen LogP contribution in [0.5, 0.6) is 11.5 Å². The molecule has 0 saturated carbocycles. The second kappa shape index (κ2) is 6.24. The van der Waals surface area contributed by atoms with Gasteiger partial charge in [0.25, 0.3) is 0 Å². The van der Waals surface area contributed by atoms with Gasteiger partial charge < -0.3 is 10.1 Å². The van der Waals surface area contributed by atoms with E-state index in [2.05, 4.69) is 15.3 Å². The predicted molar refractivity (Wildman–Crippen MR) is 83.3 cm³/mol. The summed E-state index contributed by atoms with van der Waals surface area (Å²) in [5, 5.41) is 3.44. The number of benzene rings is 2. The summed E-state index contributed by atoms with van der Waals surface area (Å²) in [6, 6.07) is 17.2. The Morgan fingerprint density at radius 3 is 2.19 bits per heavy atom. The highest BCUT2D eigenvalue weighted by atomic mass is 35.5. The van der Waals surface area contributed by atoms with Gasteiger partial charge in [-0.15, -0.1) is 0 Å². The molecule has 0 aliphatic heterocycles. The van der Waals surface area contributed by atoms with Crippen LogP contribution in [0, 0.1) is 0 Å². The van der Waals surface area contributed by atoms with E-state index in [0.717, 1.165) is 17.2 Å². The SMILES string of the molecule is Clc1nccnc1Nc1ccc(Oc2ccccc2)cc1. The molecule has 5 heteroatoms. The van der Waals surface area contributed by atoms with Crippen LogP contribution in [0.2, 0.25) is 5.15 Å². The maximum atomic E-state index is 5.95. The molecular weight excluding hydrogens is 286 g/mol. The average Bonchev–Trinajstić information content (AvgIpc) is 2.52. The van der Waals surface area contributed by atoms with Crippen molar-refractivity contribution < 1.29 is 4.74 Å². The van der Waals surface area contributed by atoms with Crippen molar-refractivity contribution in [3.05, 3.63) is 72.1 Å². The fraction of sp³-hybridized carbons (Fsp3) is 0. The van der Waals surface area contributed by atoms with Crippen LogP contribution in [-0.2, 0) is 0 Å². The molecule has 0 aliphatic rings. The van der Waals surface area contributed by atoms with E-state index < -0.39 is 0 Å². The lowest BCUT2D eigenvalue weighted by atomic mass is 10.3. The monoisotopic (exact) mass is 297 g/mol. The lowest BCUT2D eigenvalue weighted by Crippen LogP contribution is -1.95. The van der Waals surface area contributed by atoms with Gasteiger partial charge in [0, 0.05) is 18.1 Å². The highest BCUT2D eigenvalue weighted by molar-refractivity contribution is 6.31. The van der Waals surface area contributed by atoms with Crippen molar-refractivity contribution in [3.8, 4) is 11.5 Å². The highest BCUT2D eigenvalue weighted by Gasteiger charge is 2.03. The summed E-state index contributed by atoms with van der Waals surface area (Å²) in [4.78, 5) is 8.09. The van der Waals surface area contributed by atoms with Crippen molar-refractivity contribution in [2.75, 3.05) is 5.32 Å². The molecule has 4 nitrogen and oxygen atoms in total. The van der Waals surface area contributed by atoms with Crippen LogP contribution in [0.25, 0.3) is 0 Å². The minimum Gasteiger partial charge on any atom is -0.457 e. The van der Waals surface area contributed by atoms with E-state index in [1.807, 2.05) is 54.6 Å². The van der Waals surface area contributed by atoms with Gasteiger partial charge in [0.15, 0.2) is 11.0 Å². The first-order chi connectivity index (χ1) is 10.3. The first-order valence-corrected chi connectivity index (χ1v) is 6.75. The standard InChI is InChI=1S/C16H12ClN3O/c17-15-16(19-11-10-18-15)20-12-6-8-14(9-7-12)21-13-4-2-1-3-5-13/h1-11H,(H,19,20). The maximum Gasteiger partial charge on any atom is 0.171 e. The fourth-order valence-corrected chi connectivity index (χ4v) is 1.92. The molecule has 0 saturated heterocycles. The summed E-state index contributed by atoms with van der Waals surface area (Å²) in [7, 11) is 0. The van der Waals surface area contributed by atoms with Crippen LogP contribution in [0.15, 0.2) is 67.0 Å². The first-order valence-electron chi connectivity index (χ1n) is 6.38. The Labute approximate surface area is 127 Å². The number of anilines is 2. The van der Waals surface area contributed by atoms with E-state index in [9.17, 15) is 0 Å². The van der Waals surface area contributed by atoms with E-state index >= 15 is 0 Å². The van der Waals surface area contributed by atoms with Gasteiger partial charge in [-0.2, -0.15) is 0 Å². The Hall–Kier alpha value is -2.59. The minimum absolute atomic E-state index is 0.335. The number of aromatic nitrogens is 2. The third-order valence-electron chi connectivity index (χ3n) is 2.75. The van der Waals surface area contributed by atoms with Gasteiger partial charge in [0.2, 0.25) is 0 Å². The zero-order valence-electron chi connectivity index (χ0n) is 11.0. The van der Waals surface area contributed by atoms with Crippen molar-refractivity contribution in [3.63, 3.8) is 0 Å². The molecule has 0 fully saturated rings. The third-order valence-corrected chi connectivity index (χ3v) is 3.03. The number of hydrogen-bond acceptors (Lipinski definition) is 4. The summed E-state index contributed by atoms with van der Waals surface area (Å²) in [6.45, 7) is 0. The molecule has 0 aliphatic carbocycles. The zero-order valence-corrected chi connectivity index (χ0v) is 11.8. The van der Waals surface area contributed by atoms with Crippen molar-refractivity contribution in [2.24, 2.45) is 0 Å². The van der Waals surface area contributed by atoms with Crippen LogP contribution < -0.4 is 10.1 Å². The number of ether oxygens (including phenoxy) is 1. The lowest BCUT2D eigenvalue weighted by Gasteiger charge is -2.08. The van der Waals surface area contributed by atoms with E-state index in [0.29, 0.717) is 11.0 Å². The third kappa shape index (κ3) is 3.49. The van der Waals surface area contributed by atoms with Crippen LogP contribution in [0.3, 0.4) is 0 Å². The van der Waals surface area contributed by atoms with Crippen LogP contribution >= 0.6 is 11.6 Å². The zero-order chi connectivity index (χ0) is 14.5. The molecule has 0 atom stereocenters. The van der Waals surface area contributed by atoms with E-state index in [-0.39, 0.29) is 0 Å². The van der Waals surface area contributed by atoms with E-state index in [1.165, 1.54) is 0 Å². The fourth-order valence-electron chi connectivity index (χ4n) is 1.77. The second-order valence-electron chi connectivity index (χ2n) is 4.26. The molecule has 2 aromatic carbocycles. The minimum atomic E-state index is 0.335. The largest absolute Gasteiger partial charge is 0.457 e. The number of rotatable bonds is 4. The number of nitrogens with zero attached hydrogens (tertiary/aromatic N) is 2. The van der Waals surface area contributed by atoms with Crippen molar-refractivity contribution in [2.45, 2.75) is 0 Å². The van der Waals surface area contributed by atoms with Crippen molar-refractivity contribution >= 4 is 23.1 Å². The Morgan fingerprint density at radius 1 is 0.810 bits per heavy atom. The van der Waals surface area contributed by atoms with Crippen molar-refractivity contribution in [1.29, 1.82) is 0 Å². The van der Waals surface area contributed by atoms with Crippen LogP contribution in [0.4, 0.5) is 11.5 Å². The van der Waals surface area contributed by atoms with Crippen LogP contribution in [0.1, 0.15) is 0 Å². The Kier molecular flexibility index (Phi) is 3.98. The molecule has 3 rings (SSSR count). The summed E-state index contributed by atoms with van der Waals surface area (Å²) >= 11 is 5.95. The lowest BCUT2D eigenvalue weighted by molar-refractivity contribution is 0.483. The second-order valence-corrected chi connectivity index (χ2v) is 4.62. The summed E-state index contributed by atoms with van der Waals surface area (Å²) < 4.78 is 5.73. The molecule has 0 bridgehead atoms. The van der Waals surface area contributed by atoms with Gasteiger partial charge in [-0.3, -0.25) is 0 Å². The van der Waals surface area contributed by atoms with Gasteiger partial charge in [-0.05, 0) is 36.4 Å². The van der Waals surface area contributed by atoms with Crippen LogP contribution in [-0.4, -0.2) is 9.97 Å². The number of nitrogens with one attached hydrogen (secondary N) is 1. The van der Waals surface area contributed by atoms with Gasteiger partial charge >= 0.3 is 0 Å². The van der Waals surface area contributed by atoms with Gasteiger partial charge in [0.05, 0.1) is 0 Å². The summed E-state index contributed by atoms with van der Waals surface area (Å²) in [5.41, 5.74) is 0.859. The molecule has 104 valence electrons. The molecule has 0 amide bonds. The predicted octanol–water partition coefficient (Wildman–Crippen LogP) is 4.67. The quantitative estimate of drug-likeness (QED) is 0.760. The molecule has 1 aromatic heterocycles. The maximum absolute atomic E-state index is 5.95. The number of halogens is 1.